The third-order valence-electron chi connectivity index (χ3n) is 0.378. The normalized spacial score (nSPS) is 9.43. The number of hydrogen-bond acceptors (Lipinski definition) is 3. The monoisotopic (exact) mass is 105 g/mol. The maximum absolute atomic E-state index is 8.06. The molecule has 0 rings (SSSR count). The molecular weight excluding hydrogens is 96.0 g/mol. The maximum Gasteiger partial charge on any atom is 0.146 e. The van der Waals surface area contributed by atoms with Gasteiger partial charge in [-0.3, -0.25) is 0 Å². The largest absolute Gasteiger partial charge is 0.394 e. The van der Waals surface area contributed by atoms with Gasteiger partial charge >= 0.3 is 0 Å². The summed E-state index contributed by atoms with van der Waals surface area (Å²) in [5.74, 6) is 0. The lowest BCUT2D eigenvalue weighted by atomic mass is 10.8. The average molecular weight is 105 g/mol. The van der Waals surface area contributed by atoms with Crippen molar-refractivity contribution in [1.29, 1.82) is 0 Å². The molecule has 0 aliphatic heterocycles. The van der Waals surface area contributed by atoms with Crippen molar-refractivity contribution in [3.8, 4) is 0 Å². The smallest absolute Gasteiger partial charge is 0.146 e. The predicted octanol–water partition coefficient (Wildman–Crippen LogP) is -0.239. The van der Waals surface area contributed by atoms with Gasteiger partial charge in [-0.1, -0.05) is 0 Å². The van der Waals surface area contributed by atoms with E-state index in [-0.39, 0.29) is 13.4 Å². The van der Waals surface area contributed by atoms with E-state index in [4.69, 9.17) is 5.11 Å². The summed E-state index contributed by atoms with van der Waals surface area (Å²) in [5.41, 5.74) is 0. The van der Waals surface area contributed by atoms with Crippen molar-refractivity contribution < 1.29 is 14.6 Å². The molecule has 3 nitrogen and oxygen atoms in total. The molecule has 3 heteroatoms. The van der Waals surface area contributed by atoms with E-state index < -0.39 is 0 Å². The first kappa shape index (κ1) is 6.88. The lowest BCUT2D eigenvalue weighted by Gasteiger charge is -1.95. The van der Waals surface area contributed by atoms with Crippen LogP contribution in [0.5, 0.6) is 0 Å². The molecule has 1 radical (unpaired) electrons. The highest BCUT2D eigenvalue weighted by atomic mass is 16.7. The van der Waals surface area contributed by atoms with Gasteiger partial charge in [-0.05, 0) is 0 Å². The summed E-state index contributed by atoms with van der Waals surface area (Å²) < 4.78 is 9.01. The summed E-state index contributed by atoms with van der Waals surface area (Å²) in [7, 11) is 1.52. The second-order valence-corrected chi connectivity index (χ2v) is 0.922. The highest BCUT2D eigenvalue weighted by molar-refractivity contribution is 4.39. The molecule has 0 aromatic carbocycles. The van der Waals surface area contributed by atoms with Crippen LogP contribution in [0.15, 0.2) is 0 Å². The van der Waals surface area contributed by atoms with Crippen LogP contribution in [-0.2, 0) is 9.47 Å². The summed E-state index contributed by atoms with van der Waals surface area (Å²) in [6.07, 6.45) is 0. The van der Waals surface area contributed by atoms with Gasteiger partial charge in [0.1, 0.15) is 13.4 Å². The summed E-state index contributed by atoms with van der Waals surface area (Å²) in [5, 5.41) is 8.06. The van der Waals surface area contributed by atoms with Crippen LogP contribution in [0, 0.1) is 6.61 Å². The van der Waals surface area contributed by atoms with Gasteiger partial charge < -0.3 is 14.6 Å². The van der Waals surface area contributed by atoms with Crippen LogP contribution in [0.3, 0.4) is 0 Å². The molecular formula is C4H9O3. The number of rotatable bonds is 4. The van der Waals surface area contributed by atoms with Crippen LogP contribution in [0.2, 0.25) is 0 Å². The molecule has 1 N–H and O–H groups in total. The van der Waals surface area contributed by atoms with Crippen LogP contribution in [-0.4, -0.2) is 25.6 Å². The van der Waals surface area contributed by atoms with Crippen LogP contribution < -0.4 is 0 Å². The Kier molecular flexibility index (Phi) is 5.78. The molecule has 43 valence electrons. The average Bonchev–Trinajstić information content (AvgIpc) is 1.69. The van der Waals surface area contributed by atoms with Gasteiger partial charge in [-0.25, -0.2) is 0 Å². The van der Waals surface area contributed by atoms with E-state index in [1.54, 1.807) is 0 Å². The van der Waals surface area contributed by atoms with Crippen molar-refractivity contribution in [1.82, 2.24) is 0 Å². The first-order chi connectivity index (χ1) is 3.41. The Morgan fingerprint density at radius 2 is 2.43 bits per heavy atom. The number of aliphatic hydroxyl groups is 1. The van der Waals surface area contributed by atoms with Gasteiger partial charge in [0.15, 0.2) is 0 Å². The van der Waals surface area contributed by atoms with E-state index in [1.165, 1.54) is 13.7 Å². The molecule has 0 amide bonds. The van der Waals surface area contributed by atoms with Gasteiger partial charge in [0, 0.05) is 7.11 Å². The third kappa shape index (κ3) is 5.88. The lowest BCUT2D eigenvalue weighted by molar-refractivity contribution is -0.0102. The highest BCUT2D eigenvalue weighted by Gasteiger charge is 1.79. The Morgan fingerprint density at radius 3 is 2.86 bits per heavy atom. The second kappa shape index (κ2) is 5.88. The van der Waals surface area contributed by atoms with Crippen LogP contribution in [0.1, 0.15) is 0 Å². The van der Waals surface area contributed by atoms with Crippen molar-refractivity contribution in [2.75, 3.05) is 20.5 Å². The minimum Gasteiger partial charge on any atom is -0.394 e. The van der Waals surface area contributed by atoms with E-state index in [0.29, 0.717) is 0 Å². The molecule has 0 aromatic heterocycles. The molecule has 0 aliphatic rings. The van der Waals surface area contributed by atoms with Gasteiger partial charge in [-0.15, -0.1) is 0 Å². The van der Waals surface area contributed by atoms with Crippen molar-refractivity contribution in [3.63, 3.8) is 0 Å². The van der Waals surface area contributed by atoms with Crippen molar-refractivity contribution >= 4 is 0 Å². The van der Waals surface area contributed by atoms with E-state index in [0.717, 1.165) is 0 Å². The van der Waals surface area contributed by atoms with Crippen molar-refractivity contribution in [2.45, 2.75) is 0 Å². The Hall–Kier alpha value is -0.120. The number of hydrogen-bond donors (Lipinski definition) is 1. The standard InChI is InChI=1S/C4H9O3/c1-6-4-7-3-2-5/h3,5H,2,4H2,1H3. The first-order valence-electron chi connectivity index (χ1n) is 1.95. The van der Waals surface area contributed by atoms with E-state index >= 15 is 0 Å². The second-order valence-electron chi connectivity index (χ2n) is 0.922. The maximum atomic E-state index is 8.06. The quantitative estimate of drug-likeness (QED) is 0.396. The Labute approximate surface area is 42.9 Å². The van der Waals surface area contributed by atoms with E-state index in [1.807, 2.05) is 0 Å². The van der Waals surface area contributed by atoms with Gasteiger partial charge in [0.05, 0.1) is 6.61 Å². The van der Waals surface area contributed by atoms with E-state index in [9.17, 15) is 0 Å². The molecule has 0 saturated heterocycles. The molecule has 0 atom stereocenters. The first-order valence-corrected chi connectivity index (χ1v) is 1.95. The molecule has 0 fully saturated rings. The van der Waals surface area contributed by atoms with Gasteiger partial charge in [0.25, 0.3) is 0 Å². The minimum atomic E-state index is -0.0661. The Morgan fingerprint density at radius 1 is 1.71 bits per heavy atom. The molecule has 0 bridgehead atoms. The fourth-order valence-electron chi connectivity index (χ4n) is 0.169. The summed E-state index contributed by atoms with van der Waals surface area (Å²) >= 11 is 0. The van der Waals surface area contributed by atoms with Gasteiger partial charge in [-0.2, -0.15) is 0 Å². The highest BCUT2D eigenvalue weighted by Crippen LogP contribution is 1.76. The van der Waals surface area contributed by atoms with Gasteiger partial charge in [0.2, 0.25) is 0 Å². The van der Waals surface area contributed by atoms with Crippen LogP contribution in [0.4, 0.5) is 0 Å². The molecule has 7 heavy (non-hydrogen) atoms. The summed E-state index contributed by atoms with van der Waals surface area (Å²) in [6.45, 7) is 1.41. The van der Waals surface area contributed by atoms with Crippen LogP contribution in [0.25, 0.3) is 0 Å². The fourth-order valence-corrected chi connectivity index (χ4v) is 0.169. The molecule has 0 aromatic rings. The SMILES string of the molecule is COCO[CH]CO. The number of methoxy groups -OCH3 is 1. The number of aliphatic hydroxyl groups excluding tert-OH is 1. The molecule has 0 unspecified atom stereocenters. The van der Waals surface area contributed by atoms with E-state index in [2.05, 4.69) is 9.47 Å². The lowest BCUT2D eigenvalue weighted by Crippen LogP contribution is -1.95. The predicted molar refractivity (Wildman–Crippen MR) is 24.3 cm³/mol. The van der Waals surface area contributed by atoms with Crippen molar-refractivity contribution in [3.05, 3.63) is 6.61 Å². The third-order valence-corrected chi connectivity index (χ3v) is 0.378. The summed E-state index contributed by atoms with van der Waals surface area (Å²) in [4.78, 5) is 0. The zero-order valence-electron chi connectivity index (χ0n) is 4.26. The molecule has 0 heterocycles. The zero-order chi connectivity index (χ0) is 5.54. The molecule has 0 aliphatic carbocycles. The Balaban J connectivity index is 2.45. The van der Waals surface area contributed by atoms with Crippen LogP contribution >= 0.6 is 0 Å². The summed E-state index contributed by atoms with van der Waals surface area (Å²) in [6, 6.07) is 0. The topological polar surface area (TPSA) is 38.7 Å². The number of ether oxygens (including phenoxy) is 2. The van der Waals surface area contributed by atoms with Crippen molar-refractivity contribution in [2.24, 2.45) is 0 Å². The molecule has 0 spiro atoms. The fraction of sp³-hybridized carbons (Fsp3) is 0.750. The Bertz CT molecular complexity index is 26.1. The minimum absolute atomic E-state index is 0.0661. The zero-order valence-corrected chi connectivity index (χ0v) is 4.26. The molecule has 0 saturated carbocycles.